The summed E-state index contributed by atoms with van der Waals surface area (Å²) in [6.45, 7) is -0.339. The number of amides is 5. The summed E-state index contributed by atoms with van der Waals surface area (Å²) in [6, 6.07) is 0. The molecule has 0 aromatic heterocycles. The maximum absolute atomic E-state index is 12.9. The zero-order valence-corrected chi connectivity index (χ0v) is 27.7. The molecule has 1 unspecified atom stereocenters. The van der Waals surface area contributed by atoms with E-state index in [4.69, 9.17) is 16.7 Å². The van der Waals surface area contributed by atoms with Crippen molar-refractivity contribution in [1.29, 1.82) is 0 Å². The number of ketones is 2. The van der Waals surface area contributed by atoms with Crippen LogP contribution in [0.3, 0.4) is 0 Å². The molecule has 14 N–H and O–H groups in total. The Morgan fingerprint density at radius 1 is 0.612 bits per heavy atom. The summed E-state index contributed by atoms with van der Waals surface area (Å²) in [5.74, 6) is -3.01. The first kappa shape index (κ1) is 44.4. The van der Waals surface area contributed by atoms with Crippen LogP contribution in [0.5, 0.6) is 0 Å². The molecule has 0 rings (SSSR count). The van der Waals surface area contributed by atoms with Crippen molar-refractivity contribution in [1.82, 2.24) is 47.1 Å². The summed E-state index contributed by atoms with van der Waals surface area (Å²) < 4.78 is 0. The van der Waals surface area contributed by atoms with Gasteiger partial charge in [-0.1, -0.05) is 0 Å². The normalized spacial score (nSPS) is 11.9. The number of rotatable bonds is 25. The molecular weight excluding hydrogens is 658 g/mol. The number of carboxylic acid groups (broad SMARTS) is 2. The molecule has 0 heterocycles. The number of carboxylic acids is 2. The summed E-state index contributed by atoms with van der Waals surface area (Å²) >= 11 is 0. The van der Waals surface area contributed by atoms with Crippen molar-refractivity contribution in [2.24, 2.45) is 11.6 Å². The Bertz CT molecular complexity index is 1230. The Balaban J connectivity index is 5.15. The molecule has 278 valence electrons. The van der Waals surface area contributed by atoms with Gasteiger partial charge in [-0.25, -0.2) is 5.43 Å². The molecule has 0 aromatic rings. The van der Waals surface area contributed by atoms with E-state index in [9.17, 15) is 53.4 Å². The van der Waals surface area contributed by atoms with Crippen molar-refractivity contribution in [3.8, 4) is 0 Å². The van der Waals surface area contributed by atoms with Crippen molar-refractivity contribution >= 4 is 53.0 Å². The SMILES string of the molecule is CC(C)(NCC(=O)NCC(=O)NCN)C(=O)CN(CC(=O)O)C(=O)CNC(=O)CNC(C)(C)C(=O)CN(CC(=O)O)C(=O)CNC(O)NN. The molecule has 0 fully saturated rings. The van der Waals surface area contributed by atoms with E-state index in [-0.39, 0.29) is 13.2 Å². The van der Waals surface area contributed by atoms with Gasteiger partial charge in [-0.3, -0.25) is 64.9 Å². The third-order valence-electron chi connectivity index (χ3n) is 6.59. The van der Waals surface area contributed by atoms with Crippen LogP contribution in [0.1, 0.15) is 27.7 Å². The highest BCUT2D eigenvalue weighted by atomic mass is 16.4. The molecule has 0 aliphatic rings. The van der Waals surface area contributed by atoms with E-state index in [0.717, 1.165) is 0 Å². The van der Waals surface area contributed by atoms with Crippen molar-refractivity contribution in [3.63, 3.8) is 0 Å². The van der Waals surface area contributed by atoms with E-state index < -0.39 is 123 Å². The molecule has 0 saturated carbocycles. The molecular formula is C26H47N11O12. The fourth-order valence-electron chi connectivity index (χ4n) is 3.45. The highest BCUT2D eigenvalue weighted by Gasteiger charge is 2.33. The number of carbonyl (C=O) groups excluding carboxylic acids is 7. The van der Waals surface area contributed by atoms with Crippen molar-refractivity contribution in [3.05, 3.63) is 0 Å². The highest BCUT2D eigenvalue weighted by Crippen LogP contribution is 2.07. The Morgan fingerprint density at radius 3 is 1.39 bits per heavy atom. The van der Waals surface area contributed by atoms with Crippen LogP contribution in [0.4, 0.5) is 0 Å². The number of Topliss-reactive ketones (excluding diaryl/α,β-unsaturated/α-hetero) is 2. The van der Waals surface area contributed by atoms with Gasteiger partial charge in [-0.2, -0.15) is 0 Å². The van der Waals surface area contributed by atoms with Crippen LogP contribution < -0.4 is 48.9 Å². The molecule has 0 aliphatic carbocycles. The zero-order chi connectivity index (χ0) is 37.9. The fourth-order valence-corrected chi connectivity index (χ4v) is 3.45. The molecule has 49 heavy (non-hydrogen) atoms. The molecule has 5 amide bonds. The van der Waals surface area contributed by atoms with Gasteiger partial charge in [0, 0.05) is 0 Å². The Kier molecular flexibility index (Phi) is 19.3. The number of nitrogens with zero attached hydrogens (tertiary/aromatic N) is 2. The van der Waals surface area contributed by atoms with E-state index in [0.29, 0.717) is 9.80 Å². The van der Waals surface area contributed by atoms with Crippen LogP contribution >= 0.6 is 0 Å². The molecule has 0 bridgehead atoms. The van der Waals surface area contributed by atoms with Crippen LogP contribution in [0, 0.1) is 0 Å². The van der Waals surface area contributed by atoms with E-state index in [1.54, 1.807) is 0 Å². The monoisotopic (exact) mass is 705 g/mol. The Labute approximate surface area is 281 Å². The topological polar surface area (TPSA) is 357 Å². The Morgan fingerprint density at radius 2 is 1.00 bits per heavy atom. The van der Waals surface area contributed by atoms with Gasteiger partial charge in [0.15, 0.2) is 17.9 Å². The maximum atomic E-state index is 12.9. The van der Waals surface area contributed by atoms with Gasteiger partial charge in [0.1, 0.15) is 13.1 Å². The largest absolute Gasteiger partial charge is 0.480 e. The summed E-state index contributed by atoms with van der Waals surface area (Å²) in [5.41, 5.74) is 4.16. The smallest absolute Gasteiger partial charge is 0.323 e. The number of aliphatic hydroxyl groups is 1. The second kappa shape index (κ2) is 21.3. The molecule has 0 saturated heterocycles. The second-order valence-corrected chi connectivity index (χ2v) is 11.4. The first-order valence-corrected chi connectivity index (χ1v) is 14.6. The number of hydrogen-bond acceptors (Lipinski definition) is 16. The second-order valence-electron chi connectivity index (χ2n) is 11.4. The van der Waals surface area contributed by atoms with Crippen LogP contribution in [0.2, 0.25) is 0 Å². The molecule has 0 aromatic carbocycles. The average Bonchev–Trinajstić information content (AvgIpc) is 3.01. The number of carbonyl (C=O) groups is 9. The number of hydrogen-bond donors (Lipinski definition) is 12. The minimum atomic E-state index is -1.49. The van der Waals surface area contributed by atoms with Gasteiger partial charge in [-0.15, -0.1) is 0 Å². The lowest BCUT2D eigenvalue weighted by Gasteiger charge is -2.29. The maximum Gasteiger partial charge on any atom is 0.323 e. The number of hydrazine groups is 1. The zero-order valence-electron chi connectivity index (χ0n) is 27.7. The van der Waals surface area contributed by atoms with Crippen LogP contribution in [-0.2, 0) is 43.2 Å². The number of aliphatic hydroxyl groups excluding tert-OH is 1. The lowest BCUT2D eigenvalue weighted by Crippen LogP contribution is -2.57. The minimum absolute atomic E-state index is 0.123. The lowest BCUT2D eigenvalue weighted by atomic mass is 9.98. The van der Waals surface area contributed by atoms with Crippen molar-refractivity contribution < 1.29 is 58.5 Å². The van der Waals surface area contributed by atoms with E-state index in [2.05, 4.69) is 31.9 Å². The lowest BCUT2D eigenvalue weighted by molar-refractivity contribution is -0.146. The van der Waals surface area contributed by atoms with Crippen LogP contribution in [0.15, 0.2) is 0 Å². The first-order chi connectivity index (χ1) is 22.6. The molecule has 23 heteroatoms. The Hall–Kier alpha value is -4.65. The number of nitrogens with two attached hydrogens (primary N) is 2. The van der Waals surface area contributed by atoms with Gasteiger partial charge in [0.05, 0.1) is 63.6 Å². The summed E-state index contributed by atoms with van der Waals surface area (Å²) in [5, 5.41) is 42.1. The van der Waals surface area contributed by atoms with Crippen LogP contribution in [-0.4, -0.2) is 161 Å². The molecule has 23 nitrogen and oxygen atoms in total. The van der Waals surface area contributed by atoms with E-state index in [1.807, 2.05) is 5.43 Å². The summed E-state index contributed by atoms with van der Waals surface area (Å²) in [4.78, 5) is 111. The first-order valence-electron chi connectivity index (χ1n) is 14.6. The third-order valence-corrected chi connectivity index (χ3v) is 6.59. The van der Waals surface area contributed by atoms with Crippen molar-refractivity contribution in [2.45, 2.75) is 45.1 Å². The summed E-state index contributed by atoms with van der Waals surface area (Å²) in [7, 11) is 0. The fraction of sp³-hybridized carbons (Fsp3) is 0.654. The van der Waals surface area contributed by atoms with Crippen LogP contribution in [0.25, 0.3) is 0 Å². The average molecular weight is 706 g/mol. The third kappa shape index (κ3) is 18.5. The van der Waals surface area contributed by atoms with Gasteiger partial charge < -0.3 is 46.8 Å². The van der Waals surface area contributed by atoms with E-state index in [1.165, 1.54) is 27.7 Å². The minimum Gasteiger partial charge on any atom is -0.480 e. The summed E-state index contributed by atoms with van der Waals surface area (Å²) in [6.07, 6.45) is -1.48. The van der Waals surface area contributed by atoms with Crippen molar-refractivity contribution in [2.75, 3.05) is 65.6 Å². The van der Waals surface area contributed by atoms with Gasteiger partial charge >= 0.3 is 11.9 Å². The molecule has 0 radical (unpaired) electrons. The van der Waals surface area contributed by atoms with Gasteiger partial charge in [0.25, 0.3) is 0 Å². The quantitative estimate of drug-likeness (QED) is 0.0238. The molecule has 0 aliphatic heterocycles. The van der Waals surface area contributed by atoms with Gasteiger partial charge in [-0.05, 0) is 27.7 Å². The number of aliphatic carboxylic acids is 2. The molecule has 1 atom stereocenters. The predicted octanol–water partition coefficient (Wildman–Crippen LogP) is -7.72. The van der Waals surface area contributed by atoms with Gasteiger partial charge in [0.2, 0.25) is 29.5 Å². The molecule has 0 spiro atoms. The predicted molar refractivity (Wildman–Crippen MR) is 167 cm³/mol. The highest BCUT2D eigenvalue weighted by molar-refractivity contribution is 5.96. The van der Waals surface area contributed by atoms with E-state index >= 15 is 0 Å². The standard InChI is InChI=1S/C26H47N11O12/c1-25(2,33-6-18(41)29-5-17(40)32-14-27)15(38)10-36(12-22(45)46)20(43)8-30-19(42)7-34-26(3,4)16(39)11-37(13-23(47)48)21(44)9-31-24(49)35-28/h24,31,33-35,49H,5-14,27-28H2,1-4H3,(H,29,41)(H,30,42)(H,32,40)(H,45,46)(H,47,48). The number of nitrogens with one attached hydrogen (secondary N) is 7.